The van der Waals surface area contributed by atoms with Crippen molar-refractivity contribution >= 4 is 35.8 Å². The smallest absolute Gasteiger partial charge is 0.355 e. The fraction of sp³-hybridized carbons (Fsp3) is 0.421. The molecule has 0 fully saturated rings. The highest BCUT2D eigenvalue weighted by atomic mass is 127. The number of alkyl halides is 3. The van der Waals surface area contributed by atoms with Crippen molar-refractivity contribution in [3.05, 3.63) is 52.3 Å². The van der Waals surface area contributed by atoms with Gasteiger partial charge in [0.05, 0.1) is 11.3 Å². The number of benzene rings is 1. The fourth-order valence-corrected chi connectivity index (χ4v) is 2.74. The number of carbonyl (C=O) groups excluding carboxylic acids is 1. The summed E-state index contributed by atoms with van der Waals surface area (Å²) in [5, 5.41) is 13.3. The largest absolute Gasteiger partial charge is 0.416 e. The molecule has 3 N–H and O–H groups in total. The Morgan fingerprint density at radius 1 is 1.10 bits per heavy atom. The van der Waals surface area contributed by atoms with E-state index in [4.69, 9.17) is 0 Å². The number of hydrogen-bond acceptors (Lipinski definition) is 3. The van der Waals surface area contributed by atoms with Gasteiger partial charge in [-0.3, -0.25) is 14.5 Å². The second kappa shape index (κ2) is 11.2. The first-order valence-corrected chi connectivity index (χ1v) is 9.02. The van der Waals surface area contributed by atoms with Crippen LogP contribution in [0.2, 0.25) is 0 Å². The minimum absolute atomic E-state index is 0. The predicted molar refractivity (Wildman–Crippen MR) is 120 cm³/mol. The van der Waals surface area contributed by atoms with Crippen LogP contribution in [0.5, 0.6) is 0 Å². The topological polar surface area (TPSA) is 83.3 Å². The summed E-state index contributed by atoms with van der Waals surface area (Å²) in [6.45, 7) is 5.17. The zero-order valence-electron chi connectivity index (χ0n) is 17.2. The molecular formula is C19H26F3IN6O. The van der Waals surface area contributed by atoms with Gasteiger partial charge in [-0.25, -0.2) is 0 Å². The quantitative estimate of drug-likeness (QED) is 0.229. The third-order valence-corrected chi connectivity index (χ3v) is 4.49. The minimum Gasteiger partial charge on any atom is -0.355 e. The van der Waals surface area contributed by atoms with E-state index in [-0.39, 0.29) is 36.1 Å². The van der Waals surface area contributed by atoms with Gasteiger partial charge in [-0.05, 0) is 38.1 Å². The van der Waals surface area contributed by atoms with E-state index in [1.807, 2.05) is 25.6 Å². The van der Waals surface area contributed by atoms with Crippen LogP contribution in [0.15, 0.2) is 29.3 Å². The number of carbonyl (C=O) groups is 1. The van der Waals surface area contributed by atoms with Gasteiger partial charge < -0.3 is 16.0 Å². The highest BCUT2D eigenvalue weighted by Gasteiger charge is 2.30. The molecule has 1 aromatic carbocycles. The maximum Gasteiger partial charge on any atom is 0.416 e. The third kappa shape index (κ3) is 6.89. The van der Waals surface area contributed by atoms with Gasteiger partial charge >= 0.3 is 6.18 Å². The van der Waals surface area contributed by atoms with Crippen molar-refractivity contribution in [3.8, 4) is 0 Å². The number of aryl methyl sites for hydroxylation is 2. The van der Waals surface area contributed by atoms with Gasteiger partial charge in [0, 0.05) is 50.6 Å². The average molecular weight is 538 g/mol. The van der Waals surface area contributed by atoms with Crippen molar-refractivity contribution in [2.45, 2.75) is 26.6 Å². The molecule has 11 heteroatoms. The molecule has 0 bridgehead atoms. The van der Waals surface area contributed by atoms with Crippen LogP contribution in [0, 0.1) is 13.8 Å². The number of amides is 1. The van der Waals surface area contributed by atoms with Gasteiger partial charge in [-0.1, -0.05) is 0 Å². The first kappa shape index (κ1) is 25.7. The standard InChI is InChI=1S/C19H25F3N6O.HI/c1-12-16(13(2)28(4)27-12)11-26-18(23-3)25-10-9-24-17(29)14-5-7-15(8-6-14)19(20,21)22;/h5-8H,9-11H2,1-4H3,(H,24,29)(H2,23,25,26);1H. The Balaban J connectivity index is 0.00000450. The predicted octanol–water partition coefficient (Wildman–Crippen LogP) is 2.77. The monoisotopic (exact) mass is 538 g/mol. The lowest BCUT2D eigenvalue weighted by Gasteiger charge is -2.13. The summed E-state index contributed by atoms with van der Waals surface area (Å²) in [5.41, 5.74) is 2.48. The normalized spacial score (nSPS) is 11.6. The van der Waals surface area contributed by atoms with E-state index >= 15 is 0 Å². The average Bonchev–Trinajstić information content (AvgIpc) is 2.92. The molecule has 0 unspecified atom stereocenters. The van der Waals surface area contributed by atoms with E-state index < -0.39 is 17.6 Å². The first-order valence-electron chi connectivity index (χ1n) is 9.02. The molecule has 0 radical (unpaired) electrons. The van der Waals surface area contributed by atoms with Gasteiger partial charge in [0.2, 0.25) is 0 Å². The van der Waals surface area contributed by atoms with Crippen LogP contribution in [0.1, 0.15) is 32.9 Å². The van der Waals surface area contributed by atoms with E-state index in [9.17, 15) is 18.0 Å². The van der Waals surface area contributed by atoms with Crippen molar-refractivity contribution < 1.29 is 18.0 Å². The molecule has 2 rings (SSSR count). The number of hydrogen-bond donors (Lipinski definition) is 3. The molecule has 1 aromatic heterocycles. The lowest BCUT2D eigenvalue weighted by atomic mass is 10.1. The molecule has 0 aliphatic rings. The molecule has 2 aromatic rings. The maximum atomic E-state index is 12.6. The Morgan fingerprint density at radius 3 is 2.20 bits per heavy atom. The Labute approximate surface area is 190 Å². The number of rotatable bonds is 6. The zero-order chi connectivity index (χ0) is 21.6. The maximum absolute atomic E-state index is 12.6. The number of aromatic nitrogens is 2. The SMILES string of the molecule is CN=C(NCCNC(=O)c1ccc(C(F)(F)F)cc1)NCc1c(C)nn(C)c1C.I. The molecule has 30 heavy (non-hydrogen) atoms. The van der Waals surface area contributed by atoms with E-state index in [0.717, 1.165) is 41.2 Å². The molecule has 0 saturated carbocycles. The van der Waals surface area contributed by atoms with Crippen LogP contribution < -0.4 is 16.0 Å². The van der Waals surface area contributed by atoms with Crippen molar-refractivity contribution in [3.63, 3.8) is 0 Å². The van der Waals surface area contributed by atoms with Crippen LogP contribution in [0.4, 0.5) is 13.2 Å². The van der Waals surface area contributed by atoms with Gasteiger partial charge in [-0.2, -0.15) is 18.3 Å². The summed E-state index contributed by atoms with van der Waals surface area (Å²) in [6, 6.07) is 4.10. The summed E-state index contributed by atoms with van der Waals surface area (Å²) in [6.07, 6.45) is -4.42. The highest BCUT2D eigenvalue weighted by Crippen LogP contribution is 2.29. The van der Waals surface area contributed by atoms with Crippen LogP contribution in [0.25, 0.3) is 0 Å². The third-order valence-electron chi connectivity index (χ3n) is 4.49. The molecule has 7 nitrogen and oxygen atoms in total. The van der Waals surface area contributed by atoms with Gasteiger partial charge in [0.25, 0.3) is 5.91 Å². The molecule has 1 amide bonds. The molecule has 0 saturated heterocycles. The van der Waals surface area contributed by atoms with E-state index in [2.05, 4.69) is 26.0 Å². The number of nitrogens with zero attached hydrogens (tertiary/aromatic N) is 3. The summed E-state index contributed by atoms with van der Waals surface area (Å²) in [5.74, 6) is 0.126. The lowest BCUT2D eigenvalue weighted by molar-refractivity contribution is -0.137. The molecule has 166 valence electrons. The summed E-state index contributed by atoms with van der Waals surface area (Å²) >= 11 is 0. The fourth-order valence-electron chi connectivity index (χ4n) is 2.74. The van der Waals surface area contributed by atoms with Crippen LogP contribution in [-0.2, 0) is 19.8 Å². The highest BCUT2D eigenvalue weighted by molar-refractivity contribution is 14.0. The minimum atomic E-state index is -4.42. The van der Waals surface area contributed by atoms with Crippen molar-refractivity contribution in [2.75, 3.05) is 20.1 Å². The van der Waals surface area contributed by atoms with Gasteiger partial charge in [0.15, 0.2) is 5.96 Å². The molecule has 0 aliphatic heterocycles. The number of guanidine groups is 1. The van der Waals surface area contributed by atoms with Crippen LogP contribution in [-0.4, -0.2) is 41.8 Å². The van der Waals surface area contributed by atoms with Crippen LogP contribution in [0.3, 0.4) is 0 Å². The summed E-state index contributed by atoms with van der Waals surface area (Å²) in [4.78, 5) is 16.2. The summed E-state index contributed by atoms with van der Waals surface area (Å²) in [7, 11) is 3.53. The Bertz CT molecular complexity index is 878. The number of aliphatic imine (C=N–C) groups is 1. The van der Waals surface area contributed by atoms with Gasteiger partial charge in [0.1, 0.15) is 0 Å². The number of nitrogens with one attached hydrogen (secondary N) is 3. The molecule has 0 spiro atoms. The van der Waals surface area contributed by atoms with Crippen molar-refractivity contribution in [2.24, 2.45) is 12.0 Å². The molecular weight excluding hydrogens is 512 g/mol. The van der Waals surface area contributed by atoms with E-state index in [1.54, 1.807) is 7.05 Å². The summed E-state index contributed by atoms with van der Waals surface area (Å²) < 4.78 is 39.5. The zero-order valence-corrected chi connectivity index (χ0v) is 19.6. The first-order chi connectivity index (χ1) is 13.6. The second-order valence-corrected chi connectivity index (χ2v) is 6.46. The molecule has 0 atom stereocenters. The Morgan fingerprint density at radius 2 is 1.70 bits per heavy atom. The van der Waals surface area contributed by atoms with Crippen molar-refractivity contribution in [1.82, 2.24) is 25.7 Å². The molecule has 1 heterocycles. The molecule has 0 aliphatic carbocycles. The Hall–Kier alpha value is -2.31. The van der Waals surface area contributed by atoms with Crippen LogP contribution >= 0.6 is 24.0 Å². The lowest BCUT2D eigenvalue weighted by Crippen LogP contribution is -2.41. The van der Waals surface area contributed by atoms with E-state index in [1.165, 1.54) is 0 Å². The van der Waals surface area contributed by atoms with E-state index in [0.29, 0.717) is 19.0 Å². The van der Waals surface area contributed by atoms with Crippen molar-refractivity contribution in [1.29, 1.82) is 0 Å². The number of halogens is 4. The Kier molecular flexibility index (Phi) is 9.59. The second-order valence-electron chi connectivity index (χ2n) is 6.46. The van der Waals surface area contributed by atoms with Gasteiger partial charge in [-0.15, -0.1) is 24.0 Å².